The van der Waals surface area contributed by atoms with Crippen LogP contribution in [-0.4, -0.2) is 28.8 Å². The SMILES string of the molecule is COC(=O)CC(C)C(=O)c1ccc2nc(-c3ccc(Cl)cc3)[nH]c2c1.Cl. The van der Waals surface area contributed by atoms with E-state index in [0.717, 1.165) is 16.6 Å². The number of benzene rings is 2. The van der Waals surface area contributed by atoms with Crippen LogP contribution >= 0.6 is 24.0 Å². The van der Waals surface area contributed by atoms with Crippen LogP contribution in [0.2, 0.25) is 5.02 Å². The molecule has 5 nitrogen and oxygen atoms in total. The van der Waals surface area contributed by atoms with Crippen molar-refractivity contribution in [2.45, 2.75) is 13.3 Å². The first kappa shape index (κ1) is 19.9. The summed E-state index contributed by atoms with van der Waals surface area (Å²) in [5.41, 5.74) is 2.98. The largest absolute Gasteiger partial charge is 0.469 e. The van der Waals surface area contributed by atoms with Gasteiger partial charge in [-0.25, -0.2) is 4.98 Å². The molecule has 0 spiro atoms. The van der Waals surface area contributed by atoms with Crippen molar-refractivity contribution in [1.82, 2.24) is 9.97 Å². The number of nitrogens with one attached hydrogen (secondary N) is 1. The number of halogens is 2. The van der Waals surface area contributed by atoms with Gasteiger partial charge in [-0.2, -0.15) is 0 Å². The third-order valence-electron chi connectivity index (χ3n) is 4.03. The molecule has 0 saturated heterocycles. The zero-order chi connectivity index (χ0) is 18.0. The standard InChI is InChI=1S/C19H17ClN2O3.ClH/c1-11(9-17(23)25-2)18(24)13-5-8-15-16(10-13)22-19(21-15)12-3-6-14(20)7-4-12;/h3-8,10-11H,9H2,1-2H3,(H,21,22);1H. The summed E-state index contributed by atoms with van der Waals surface area (Å²) in [5.74, 6) is -0.231. The van der Waals surface area contributed by atoms with Crippen LogP contribution < -0.4 is 0 Å². The molecule has 1 unspecified atom stereocenters. The number of aromatic nitrogens is 2. The van der Waals surface area contributed by atoms with E-state index in [1.807, 2.05) is 12.1 Å². The van der Waals surface area contributed by atoms with Gasteiger partial charge in [-0.1, -0.05) is 18.5 Å². The Labute approximate surface area is 162 Å². The summed E-state index contributed by atoms with van der Waals surface area (Å²) in [6.07, 6.45) is 0.0619. The average molecular weight is 393 g/mol. The molecular weight excluding hydrogens is 375 g/mol. The summed E-state index contributed by atoms with van der Waals surface area (Å²) < 4.78 is 4.62. The fraction of sp³-hybridized carbons (Fsp3) is 0.211. The molecule has 1 N–H and O–H groups in total. The molecule has 0 aliphatic heterocycles. The Balaban J connectivity index is 0.00000243. The molecule has 3 rings (SSSR count). The van der Waals surface area contributed by atoms with Crippen molar-refractivity contribution in [3.8, 4) is 11.4 Å². The van der Waals surface area contributed by atoms with Crippen LogP contribution in [0.5, 0.6) is 0 Å². The van der Waals surface area contributed by atoms with Gasteiger partial charge < -0.3 is 9.72 Å². The van der Waals surface area contributed by atoms with E-state index in [1.165, 1.54) is 7.11 Å². The lowest BCUT2D eigenvalue weighted by Gasteiger charge is -2.08. The number of rotatable bonds is 5. The van der Waals surface area contributed by atoms with Gasteiger partial charge in [0, 0.05) is 22.1 Å². The number of ketones is 1. The predicted octanol–water partition coefficient (Wildman–Crippen LogP) is 4.69. The number of esters is 1. The lowest BCUT2D eigenvalue weighted by Crippen LogP contribution is -2.16. The number of methoxy groups -OCH3 is 1. The van der Waals surface area contributed by atoms with Crippen LogP contribution in [0.15, 0.2) is 42.5 Å². The Morgan fingerprint density at radius 3 is 2.54 bits per heavy atom. The van der Waals surface area contributed by atoms with E-state index in [0.29, 0.717) is 16.4 Å². The maximum Gasteiger partial charge on any atom is 0.306 e. The molecule has 136 valence electrons. The summed E-state index contributed by atoms with van der Waals surface area (Å²) in [6, 6.07) is 12.6. The number of H-pyrrole nitrogens is 1. The maximum atomic E-state index is 12.5. The molecule has 3 aromatic rings. The third-order valence-corrected chi connectivity index (χ3v) is 4.28. The zero-order valence-corrected chi connectivity index (χ0v) is 15.9. The van der Waals surface area contributed by atoms with E-state index in [1.54, 1.807) is 37.3 Å². The second-order valence-electron chi connectivity index (χ2n) is 5.87. The predicted molar refractivity (Wildman–Crippen MR) is 104 cm³/mol. The van der Waals surface area contributed by atoms with E-state index >= 15 is 0 Å². The minimum Gasteiger partial charge on any atom is -0.469 e. The summed E-state index contributed by atoms with van der Waals surface area (Å²) in [4.78, 5) is 31.6. The number of imidazole rings is 1. The number of hydrogen-bond acceptors (Lipinski definition) is 4. The van der Waals surface area contributed by atoms with Crippen LogP contribution in [0, 0.1) is 5.92 Å². The van der Waals surface area contributed by atoms with E-state index in [9.17, 15) is 9.59 Å². The highest BCUT2D eigenvalue weighted by Gasteiger charge is 2.19. The van der Waals surface area contributed by atoms with Crippen LogP contribution in [0.25, 0.3) is 22.4 Å². The molecular formula is C19H18Cl2N2O3. The van der Waals surface area contributed by atoms with Gasteiger partial charge in [0.2, 0.25) is 0 Å². The van der Waals surface area contributed by atoms with Crippen molar-refractivity contribution in [3.63, 3.8) is 0 Å². The molecule has 0 aliphatic rings. The van der Waals surface area contributed by atoms with Crippen LogP contribution in [0.3, 0.4) is 0 Å². The Bertz CT molecular complexity index is 936. The normalized spacial score (nSPS) is 11.7. The number of aromatic amines is 1. The summed E-state index contributed by atoms with van der Waals surface area (Å²) >= 11 is 5.91. The van der Waals surface area contributed by atoms with E-state index in [-0.39, 0.29) is 24.6 Å². The van der Waals surface area contributed by atoms with Crippen molar-refractivity contribution < 1.29 is 14.3 Å². The molecule has 1 atom stereocenters. The number of hydrogen-bond donors (Lipinski definition) is 1. The Morgan fingerprint density at radius 2 is 1.88 bits per heavy atom. The van der Waals surface area contributed by atoms with Crippen molar-refractivity contribution in [3.05, 3.63) is 53.1 Å². The Kier molecular flexibility index (Phi) is 6.40. The molecule has 1 aromatic heterocycles. The molecule has 0 radical (unpaired) electrons. The smallest absolute Gasteiger partial charge is 0.306 e. The van der Waals surface area contributed by atoms with Gasteiger partial charge in [-0.05, 0) is 42.5 Å². The number of Topliss-reactive ketones (excluding diaryl/α,β-unsaturated/α-hetero) is 1. The molecule has 0 aliphatic carbocycles. The zero-order valence-electron chi connectivity index (χ0n) is 14.3. The lowest BCUT2D eigenvalue weighted by atomic mass is 9.96. The number of nitrogens with zero attached hydrogens (tertiary/aromatic N) is 1. The summed E-state index contributed by atoms with van der Waals surface area (Å²) in [7, 11) is 1.31. The van der Waals surface area contributed by atoms with Gasteiger partial charge in [0.15, 0.2) is 5.78 Å². The molecule has 26 heavy (non-hydrogen) atoms. The molecule has 0 fully saturated rings. The van der Waals surface area contributed by atoms with E-state index < -0.39 is 11.9 Å². The van der Waals surface area contributed by atoms with Gasteiger partial charge >= 0.3 is 5.97 Å². The topological polar surface area (TPSA) is 72.1 Å². The highest BCUT2D eigenvalue weighted by molar-refractivity contribution is 6.30. The highest BCUT2D eigenvalue weighted by Crippen LogP contribution is 2.24. The number of ether oxygens (including phenoxy) is 1. The first-order chi connectivity index (χ1) is 12.0. The first-order valence-corrected chi connectivity index (χ1v) is 8.22. The van der Waals surface area contributed by atoms with Gasteiger partial charge in [0.1, 0.15) is 5.82 Å². The monoisotopic (exact) mass is 392 g/mol. The first-order valence-electron chi connectivity index (χ1n) is 7.84. The van der Waals surface area contributed by atoms with E-state index in [2.05, 4.69) is 14.7 Å². The Hall–Kier alpha value is -2.37. The minimum absolute atomic E-state index is 0. The van der Waals surface area contributed by atoms with Gasteiger partial charge in [0.25, 0.3) is 0 Å². The van der Waals surface area contributed by atoms with E-state index in [4.69, 9.17) is 11.6 Å². The number of carbonyl (C=O) groups is 2. The molecule has 1 heterocycles. The van der Waals surface area contributed by atoms with Crippen LogP contribution in [-0.2, 0) is 9.53 Å². The second-order valence-corrected chi connectivity index (χ2v) is 6.31. The third kappa shape index (κ3) is 4.23. The molecule has 7 heteroatoms. The van der Waals surface area contributed by atoms with Crippen molar-refractivity contribution in [1.29, 1.82) is 0 Å². The van der Waals surface area contributed by atoms with Gasteiger partial charge in [-0.15, -0.1) is 12.4 Å². The second kappa shape index (κ2) is 8.34. The molecule has 0 saturated carbocycles. The van der Waals surface area contributed by atoms with Crippen molar-refractivity contribution in [2.75, 3.05) is 7.11 Å². The fourth-order valence-electron chi connectivity index (χ4n) is 2.62. The Morgan fingerprint density at radius 1 is 1.19 bits per heavy atom. The quantitative estimate of drug-likeness (QED) is 0.504. The van der Waals surface area contributed by atoms with Crippen LogP contribution in [0.1, 0.15) is 23.7 Å². The minimum atomic E-state index is -0.441. The number of carbonyl (C=O) groups excluding carboxylic acids is 2. The molecule has 2 aromatic carbocycles. The van der Waals surface area contributed by atoms with Crippen molar-refractivity contribution in [2.24, 2.45) is 5.92 Å². The summed E-state index contributed by atoms with van der Waals surface area (Å²) in [5, 5.41) is 0.660. The van der Waals surface area contributed by atoms with Crippen molar-refractivity contribution >= 4 is 46.8 Å². The maximum absolute atomic E-state index is 12.5. The number of fused-ring (bicyclic) bond motifs is 1. The molecule has 0 amide bonds. The fourth-order valence-corrected chi connectivity index (χ4v) is 2.74. The average Bonchev–Trinajstić information content (AvgIpc) is 3.04. The highest BCUT2D eigenvalue weighted by atomic mass is 35.5. The lowest BCUT2D eigenvalue weighted by molar-refractivity contribution is -0.141. The van der Waals surface area contributed by atoms with Gasteiger partial charge in [0.05, 0.1) is 24.6 Å². The molecule has 0 bridgehead atoms. The van der Waals surface area contributed by atoms with Gasteiger partial charge in [-0.3, -0.25) is 9.59 Å². The summed E-state index contributed by atoms with van der Waals surface area (Å²) in [6.45, 7) is 1.72. The van der Waals surface area contributed by atoms with Crippen LogP contribution in [0.4, 0.5) is 0 Å².